The van der Waals surface area contributed by atoms with Crippen LogP contribution in [0.3, 0.4) is 0 Å². The third kappa shape index (κ3) is 5.09. The lowest BCUT2D eigenvalue weighted by Crippen LogP contribution is -2.16. The van der Waals surface area contributed by atoms with Gasteiger partial charge in [0.1, 0.15) is 12.4 Å². The Kier molecular flexibility index (Phi) is 5.40. The maximum Gasteiger partial charge on any atom is 0.453 e. The molecule has 0 fully saturated rings. The molecule has 0 aliphatic rings. The van der Waals surface area contributed by atoms with Crippen molar-refractivity contribution in [3.05, 3.63) is 53.3 Å². The fourth-order valence-corrected chi connectivity index (χ4v) is 2.29. The number of halogens is 6. The predicted molar refractivity (Wildman–Crippen MR) is 85.3 cm³/mol. The second kappa shape index (κ2) is 7.62. The number of ether oxygens (including phenoxy) is 1. The topological polar surface area (TPSA) is 64.3 Å². The van der Waals surface area contributed by atoms with E-state index in [2.05, 4.69) is 25.3 Å². The number of hydrogen-bond donors (Lipinski definition) is 1. The Balaban J connectivity index is 1.61. The minimum Gasteiger partial charge on any atom is -0.367 e. The largest absolute Gasteiger partial charge is 0.453 e. The van der Waals surface area contributed by atoms with Crippen LogP contribution in [-0.4, -0.2) is 32.6 Å². The number of fused-ring (bicyclic) bond motifs is 1. The molecule has 6 nitrogen and oxygen atoms in total. The van der Waals surface area contributed by atoms with Gasteiger partial charge in [0.15, 0.2) is 5.65 Å². The van der Waals surface area contributed by atoms with Gasteiger partial charge in [-0.3, -0.25) is 0 Å². The molecule has 0 saturated heterocycles. The van der Waals surface area contributed by atoms with Crippen LogP contribution >= 0.6 is 0 Å². The molecule has 2 heterocycles. The van der Waals surface area contributed by atoms with E-state index in [-0.39, 0.29) is 24.6 Å². The molecule has 0 unspecified atom stereocenters. The number of aromatic nitrogens is 4. The monoisotopic (exact) mass is 405 g/mol. The van der Waals surface area contributed by atoms with E-state index in [9.17, 15) is 26.3 Å². The number of benzene rings is 1. The van der Waals surface area contributed by atoms with Crippen molar-refractivity contribution in [2.24, 2.45) is 0 Å². The number of hydrogen-bond acceptors (Lipinski definition) is 5. The molecule has 0 aliphatic carbocycles. The van der Waals surface area contributed by atoms with E-state index in [1.54, 1.807) is 24.3 Å². The summed E-state index contributed by atoms with van der Waals surface area (Å²) in [5, 5.41) is 13.2. The smallest absolute Gasteiger partial charge is 0.367 e. The second-order valence-electron chi connectivity index (χ2n) is 5.79. The zero-order chi connectivity index (χ0) is 20.4. The van der Waals surface area contributed by atoms with Gasteiger partial charge in [0.25, 0.3) is 5.82 Å². The van der Waals surface area contributed by atoms with Crippen molar-refractivity contribution in [3.8, 4) is 0 Å². The molecule has 150 valence electrons. The van der Waals surface area contributed by atoms with Gasteiger partial charge < -0.3 is 10.1 Å². The summed E-state index contributed by atoms with van der Waals surface area (Å²) < 4.78 is 79.9. The number of alkyl halides is 6. The highest BCUT2D eigenvalue weighted by molar-refractivity contribution is 5.44. The Hall–Kier alpha value is -2.89. The van der Waals surface area contributed by atoms with Crippen LogP contribution < -0.4 is 5.32 Å². The molecule has 12 heteroatoms. The Morgan fingerprint density at radius 1 is 0.893 bits per heavy atom. The molecule has 0 saturated carbocycles. The van der Waals surface area contributed by atoms with Gasteiger partial charge in [-0.2, -0.15) is 30.9 Å². The molecule has 28 heavy (non-hydrogen) atoms. The number of nitrogens with one attached hydrogen (secondary N) is 1. The Morgan fingerprint density at radius 2 is 1.57 bits per heavy atom. The van der Waals surface area contributed by atoms with E-state index >= 15 is 0 Å². The molecule has 0 aliphatic heterocycles. The average molecular weight is 405 g/mol. The van der Waals surface area contributed by atoms with Gasteiger partial charge in [-0.25, -0.2) is 0 Å². The maximum atomic E-state index is 12.9. The van der Waals surface area contributed by atoms with Crippen molar-refractivity contribution in [3.63, 3.8) is 0 Å². The Labute approximate surface area is 154 Å². The van der Waals surface area contributed by atoms with Gasteiger partial charge in [0, 0.05) is 6.54 Å². The fraction of sp³-hybridized carbons (Fsp3) is 0.312. The maximum absolute atomic E-state index is 12.9. The molecular weight excluding hydrogens is 392 g/mol. The first-order chi connectivity index (χ1) is 13.1. The molecule has 0 spiro atoms. The highest BCUT2D eigenvalue weighted by Gasteiger charge is 2.37. The quantitative estimate of drug-likeness (QED) is 0.632. The molecule has 1 N–H and O–H groups in total. The molecule has 1 aromatic carbocycles. The molecule has 2 aromatic heterocycles. The Morgan fingerprint density at radius 3 is 2.21 bits per heavy atom. The number of rotatable bonds is 6. The van der Waals surface area contributed by atoms with Crippen LogP contribution in [0.25, 0.3) is 5.65 Å². The van der Waals surface area contributed by atoms with Gasteiger partial charge in [-0.05, 0) is 23.3 Å². The molecule has 3 aromatic rings. The van der Waals surface area contributed by atoms with Gasteiger partial charge in [0.05, 0.1) is 6.61 Å². The average Bonchev–Trinajstić information content (AvgIpc) is 3.03. The van der Waals surface area contributed by atoms with Crippen LogP contribution in [0.5, 0.6) is 0 Å². The standard InChI is InChI=1S/C16H13F6N5O/c17-15(18,19)9-28-8-11-3-1-10(2-4-11)7-23-12-5-6-13-24-25-14(16(20,21)22)27(13)26-12/h1-6H,7-9H2,(H,23,26). The number of nitrogens with zero attached hydrogens (tertiary/aromatic N) is 4. The van der Waals surface area contributed by atoms with Gasteiger partial charge in [-0.15, -0.1) is 15.3 Å². The third-order valence-corrected chi connectivity index (χ3v) is 3.55. The van der Waals surface area contributed by atoms with Crippen LogP contribution in [0, 0.1) is 0 Å². The zero-order valence-electron chi connectivity index (χ0n) is 14.1. The van der Waals surface area contributed by atoms with Crippen LogP contribution in [-0.2, 0) is 24.1 Å². The normalized spacial score (nSPS) is 12.5. The van der Waals surface area contributed by atoms with Crippen molar-refractivity contribution in [2.45, 2.75) is 25.5 Å². The lowest BCUT2D eigenvalue weighted by Gasteiger charge is -2.09. The minimum absolute atomic E-state index is 0.0407. The van der Waals surface area contributed by atoms with Crippen molar-refractivity contribution in [1.82, 2.24) is 19.8 Å². The van der Waals surface area contributed by atoms with Gasteiger partial charge in [-0.1, -0.05) is 24.3 Å². The summed E-state index contributed by atoms with van der Waals surface area (Å²) in [6.45, 7) is -1.27. The summed E-state index contributed by atoms with van der Waals surface area (Å²) in [6.07, 6.45) is -9.07. The van der Waals surface area contributed by atoms with E-state index < -0.39 is 24.8 Å². The summed E-state index contributed by atoms with van der Waals surface area (Å²) in [6, 6.07) is 9.34. The van der Waals surface area contributed by atoms with Crippen LogP contribution in [0.1, 0.15) is 17.0 Å². The van der Waals surface area contributed by atoms with E-state index in [4.69, 9.17) is 0 Å². The number of anilines is 1. The lowest BCUT2D eigenvalue weighted by molar-refractivity contribution is -0.176. The summed E-state index contributed by atoms with van der Waals surface area (Å²) >= 11 is 0. The van der Waals surface area contributed by atoms with E-state index in [0.29, 0.717) is 10.1 Å². The highest BCUT2D eigenvalue weighted by atomic mass is 19.4. The second-order valence-corrected chi connectivity index (χ2v) is 5.79. The molecule has 3 rings (SSSR count). The molecule has 0 bridgehead atoms. The third-order valence-electron chi connectivity index (χ3n) is 3.55. The lowest BCUT2D eigenvalue weighted by atomic mass is 10.1. The molecular formula is C16H13F6N5O. The predicted octanol–water partition coefficient (Wildman–Crippen LogP) is 3.83. The van der Waals surface area contributed by atoms with Gasteiger partial charge >= 0.3 is 12.4 Å². The molecule has 0 atom stereocenters. The van der Waals surface area contributed by atoms with Gasteiger partial charge in [0.2, 0.25) is 0 Å². The van der Waals surface area contributed by atoms with Crippen LogP contribution in [0.2, 0.25) is 0 Å². The summed E-state index contributed by atoms with van der Waals surface area (Å²) in [4.78, 5) is 0. The highest BCUT2D eigenvalue weighted by Crippen LogP contribution is 2.27. The van der Waals surface area contributed by atoms with E-state index in [1.165, 1.54) is 12.1 Å². The summed E-state index contributed by atoms with van der Waals surface area (Å²) in [5.74, 6) is -1.05. The van der Waals surface area contributed by atoms with Crippen LogP contribution in [0.4, 0.5) is 32.2 Å². The molecule has 0 amide bonds. The van der Waals surface area contributed by atoms with Crippen molar-refractivity contribution in [1.29, 1.82) is 0 Å². The first-order valence-electron chi connectivity index (χ1n) is 7.88. The fourth-order valence-electron chi connectivity index (χ4n) is 2.29. The van der Waals surface area contributed by atoms with Crippen molar-refractivity contribution in [2.75, 3.05) is 11.9 Å². The first kappa shape index (κ1) is 19.9. The van der Waals surface area contributed by atoms with Crippen LogP contribution in [0.15, 0.2) is 36.4 Å². The minimum atomic E-state index is -4.69. The SMILES string of the molecule is FC(F)(F)COCc1ccc(CNc2ccc3nnc(C(F)(F)F)n3n2)cc1. The Bertz CT molecular complexity index is 935. The first-order valence-corrected chi connectivity index (χ1v) is 7.88. The van der Waals surface area contributed by atoms with Crippen molar-refractivity contribution >= 4 is 11.5 Å². The zero-order valence-corrected chi connectivity index (χ0v) is 14.1. The van der Waals surface area contributed by atoms with Crippen molar-refractivity contribution < 1.29 is 31.1 Å². The van der Waals surface area contributed by atoms with E-state index in [0.717, 1.165) is 5.56 Å². The van der Waals surface area contributed by atoms with E-state index in [1.807, 2.05) is 0 Å². The summed E-state index contributed by atoms with van der Waals surface area (Å²) in [7, 11) is 0. The molecule has 0 radical (unpaired) electrons. The summed E-state index contributed by atoms with van der Waals surface area (Å²) in [5.41, 5.74) is 1.27.